The Bertz CT molecular complexity index is 139. The largest absolute Gasteiger partial charge is 0.380 e. The van der Waals surface area contributed by atoms with Crippen molar-refractivity contribution in [3.63, 3.8) is 0 Å². The van der Waals surface area contributed by atoms with Crippen molar-refractivity contribution in [2.75, 3.05) is 32.9 Å². The summed E-state index contributed by atoms with van der Waals surface area (Å²) < 4.78 is 10.9. The fraction of sp³-hybridized carbons (Fsp3) is 1.00. The Morgan fingerprint density at radius 2 is 2.00 bits per heavy atom. The maximum Gasteiger partial charge on any atom is 0.0591 e. The normalized spacial score (nSPS) is 16.2. The lowest BCUT2D eigenvalue weighted by Crippen LogP contribution is -2.22. The van der Waals surface area contributed by atoms with Gasteiger partial charge < -0.3 is 14.8 Å². The van der Waals surface area contributed by atoms with Crippen LogP contribution in [0.4, 0.5) is 0 Å². The van der Waals surface area contributed by atoms with Crippen molar-refractivity contribution in [1.82, 2.24) is 5.32 Å². The van der Waals surface area contributed by atoms with E-state index in [0.717, 1.165) is 45.2 Å². The van der Waals surface area contributed by atoms with E-state index in [1.165, 1.54) is 12.8 Å². The fourth-order valence-electron chi connectivity index (χ4n) is 1.32. The van der Waals surface area contributed by atoms with Crippen LogP contribution in [0.2, 0.25) is 0 Å². The summed E-state index contributed by atoms with van der Waals surface area (Å²) in [5.74, 6) is 0.879. The highest BCUT2D eigenvalue weighted by Crippen LogP contribution is 2.28. The van der Waals surface area contributed by atoms with Crippen molar-refractivity contribution in [2.24, 2.45) is 5.92 Å². The van der Waals surface area contributed by atoms with Crippen molar-refractivity contribution >= 4 is 0 Å². The van der Waals surface area contributed by atoms with Crippen LogP contribution < -0.4 is 5.32 Å². The molecule has 1 rings (SSSR count). The van der Waals surface area contributed by atoms with Gasteiger partial charge in [-0.1, -0.05) is 0 Å². The first-order valence-corrected chi connectivity index (χ1v) is 6.19. The minimum atomic E-state index is 0.354. The van der Waals surface area contributed by atoms with Gasteiger partial charge in [-0.2, -0.15) is 0 Å². The van der Waals surface area contributed by atoms with E-state index in [1.807, 2.05) is 0 Å². The Labute approximate surface area is 93.5 Å². The van der Waals surface area contributed by atoms with E-state index in [9.17, 15) is 0 Å². The van der Waals surface area contributed by atoms with Crippen molar-refractivity contribution in [3.05, 3.63) is 0 Å². The molecule has 1 N–H and O–H groups in total. The van der Waals surface area contributed by atoms with Crippen molar-refractivity contribution in [2.45, 2.75) is 39.2 Å². The predicted octanol–water partition coefficient (Wildman–Crippen LogP) is 1.82. The summed E-state index contributed by atoms with van der Waals surface area (Å²) in [6, 6.07) is 0. The molecule has 0 bridgehead atoms. The van der Waals surface area contributed by atoms with Gasteiger partial charge >= 0.3 is 0 Å². The minimum absolute atomic E-state index is 0.354. The molecule has 0 aromatic rings. The van der Waals surface area contributed by atoms with Gasteiger partial charge in [-0.3, -0.25) is 0 Å². The number of ether oxygens (including phenoxy) is 2. The third-order valence-electron chi connectivity index (χ3n) is 2.42. The fourth-order valence-corrected chi connectivity index (χ4v) is 1.32. The Balaban J connectivity index is 1.65. The number of hydrogen-bond acceptors (Lipinski definition) is 3. The molecule has 0 atom stereocenters. The van der Waals surface area contributed by atoms with Gasteiger partial charge in [0.2, 0.25) is 0 Å². The summed E-state index contributed by atoms with van der Waals surface area (Å²) in [4.78, 5) is 0. The molecule has 0 spiro atoms. The van der Waals surface area contributed by atoms with E-state index in [2.05, 4.69) is 19.2 Å². The van der Waals surface area contributed by atoms with Gasteiger partial charge in [-0.25, -0.2) is 0 Å². The molecular formula is C12H25NO2. The lowest BCUT2D eigenvalue weighted by atomic mass is 10.4. The van der Waals surface area contributed by atoms with E-state index in [1.54, 1.807) is 0 Å². The van der Waals surface area contributed by atoms with Crippen LogP contribution in [0.25, 0.3) is 0 Å². The monoisotopic (exact) mass is 215 g/mol. The molecule has 0 radical (unpaired) electrons. The molecule has 0 heterocycles. The zero-order valence-corrected chi connectivity index (χ0v) is 10.1. The molecule has 0 aromatic heterocycles. The van der Waals surface area contributed by atoms with E-state index in [0.29, 0.717) is 6.10 Å². The van der Waals surface area contributed by atoms with E-state index >= 15 is 0 Å². The molecule has 0 amide bonds. The topological polar surface area (TPSA) is 30.5 Å². The van der Waals surface area contributed by atoms with E-state index in [4.69, 9.17) is 9.47 Å². The van der Waals surface area contributed by atoms with Gasteiger partial charge in [-0.05, 0) is 45.6 Å². The highest BCUT2D eigenvalue weighted by atomic mass is 16.5. The van der Waals surface area contributed by atoms with Crippen LogP contribution in [0, 0.1) is 5.92 Å². The van der Waals surface area contributed by atoms with Gasteiger partial charge in [0.05, 0.1) is 12.7 Å². The Morgan fingerprint density at radius 1 is 1.20 bits per heavy atom. The molecule has 3 nitrogen and oxygen atoms in total. The molecule has 1 aliphatic rings. The third kappa shape index (κ3) is 8.85. The molecule has 15 heavy (non-hydrogen) atoms. The number of rotatable bonds is 10. The highest BCUT2D eigenvalue weighted by Gasteiger charge is 2.20. The number of hydrogen-bond donors (Lipinski definition) is 1. The zero-order valence-electron chi connectivity index (χ0n) is 10.1. The molecule has 1 fully saturated rings. The van der Waals surface area contributed by atoms with E-state index in [-0.39, 0.29) is 0 Å². The second-order valence-electron chi connectivity index (χ2n) is 4.54. The smallest absolute Gasteiger partial charge is 0.0591 e. The standard InChI is InChI=1S/C12H25NO2/c1-11(2)15-8-3-6-13-7-9-14-10-12-4-5-12/h11-13H,3-10H2,1-2H3. The van der Waals surface area contributed by atoms with Crippen LogP contribution in [0.3, 0.4) is 0 Å². The average molecular weight is 215 g/mol. The third-order valence-corrected chi connectivity index (χ3v) is 2.42. The van der Waals surface area contributed by atoms with Gasteiger partial charge in [0.25, 0.3) is 0 Å². The molecule has 1 saturated carbocycles. The van der Waals surface area contributed by atoms with Crippen LogP contribution in [0.15, 0.2) is 0 Å². The summed E-state index contributed by atoms with van der Waals surface area (Å²) in [7, 11) is 0. The van der Waals surface area contributed by atoms with Crippen LogP contribution in [-0.4, -0.2) is 39.0 Å². The molecule has 90 valence electrons. The van der Waals surface area contributed by atoms with Crippen LogP contribution in [-0.2, 0) is 9.47 Å². The maximum absolute atomic E-state index is 5.51. The second kappa shape index (κ2) is 8.08. The molecule has 0 saturated heterocycles. The molecule has 0 unspecified atom stereocenters. The van der Waals surface area contributed by atoms with Crippen LogP contribution in [0.5, 0.6) is 0 Å². The van der Waals surface area contributed by atoms with Crippen molar-refractivity contribution < 1.29 is 9.47 Å². The summed E-state index contributed by atoms with van der Waals surface area (Å²) in [5, 5.41) is 3.35. The average Bonchev–Trinajstić information content (AvgIpc) is 2.98. The first-order chi connectivity index (χ1) is 7.29. The zero-order chi connectivity index (χ0) is 10.9. The van der Waals surface area contributed by atoms with Gasteiger partial charge in [0, 0.05) is 19.8 Å². The molecule has 0 aliphatic heterocycles. The van der Waals surface area contributed by atoms with Crippen molar-refractivity contribution in [1.29, 1.82) is 0 Å². The SMILES string of the molecule is CC(C)OCCCNCCOCC1CC1. The van der Waals surface area contributed by atoms with Gasteiger partial charge in [-0.15, -0.1) is 0 Å². The summed E-state index contributed by atoms with van der Waals surface area (Å²) >= 11 is 0. The number of nitrogens with one attached hydrogen (secondary N) is 1. The Morgan fingerprint density at radius 3 is 2.67 bits per heavy atom. The second-order valence-corrected chi connectivity index (χ2v) is 4.54. The molecule has 0 aromatic carbocycles. The van der Waals surface area contributed by atoms with Gasteiger partial charge in [0.1, 0.15) is 0 Å². The van der Waals surface area contributed by atoms with Crippen LogP contribution >= 0.6 is 0 Å². The highest BCUT2D eigenvalue weighted by molar-refractivity contribution is 4.71. The Hall–Kier alpha value is -0.120. The lowest BCUT2D eigenvalue weighted by Gasteiger charge is -2.08. The van der Waals surface area contributed by atoms with Crippen molar-refractivity contribution in [3.8, 4) is 0 Å². The van der Waals surface area contributed by atoms with Crippen LogP contribution in [0.1, 0.15) is 33.1 Å². The quantitative estimate of drug-likeness (QED) is 0.564. The molecular weight excluding hydrogens is 190 g/mol. The lowest BCUT2D eigenvalue weighted by molar-refractivity contribution is 0.0762. The molecule has 1 aliphatic carbocycles. The maximum atomic E-state index is 5.51. The van der Waals surface area contributed by atoms with Gasteiger partial charge in [0.15, 0.2) is 0 Å². The molecule has 3 heteroatoms. The Kier molecular flexibility index (Phi) is 6.98. The summed E-state index contributed by atoms with van der Waals surface area (Å²) in [6.07, 6.45) is 4.19. The first kappa shape index (κ1) is 12.9. The minimum Gasteiger partial charge on any atom is -0.380 e. The summed E-state index contributed by atoms with van der Waals surface area (Å²) in [5.41, 5.74) is 0. The summed E-state index contributed by atoms with van der Waals surface area (Å²) in [6.45, 7) is 8.81. The predicted molar refractivity (Wildman–Crippen MR) is 62.1 cm³/mol. The van der Waals surface area contributed by atoms with E-state index < -0.39 is 0 Å². The first-order valence-electron chi connectivity index (χ1n) is 6.19.